The summed E-state index contributed by atoms with van der Waals surface area (Å²) in [5, 5.41) is 14.4. The number of pyridine rings is 1. The number of aromatic nitrogens is 1. The largest absolute Gasteiger partial charge is 0.481 e. The van der Waals surface area contributed by atoms with Gasteiger partial charge in [-0.25, -0.2) is 4.98 Å². The minimum Gasteiger partial charge on any atom is -0.481 e. The van der Waals surface area contributed by atoms with Crippen LogP contribution in [0, 0.1) is 5.41 Å². The van der Waals surface area contributed by atoms with Gasteiger partial charge in [0.1, 0.15) is 5.82 Å². The predicted octanol–water partition coefficient (Wildman–Crippen LogP) is 2.51. The number of hydrogen-bond acceptors (Lipinski definition) is 3. The van der Waals surface area contributed by atoms with Crippen LogP contribution in [0.4, 0.5) is 5.82 Å². The van der Waals surface area contributed by atoms with Crippen LogP contribution in [0.2, 0.25) is 0 Å². The third kappa shape index (κ3) is 1.79. The van der Waals surface area contributed by atoms with Gasteiger partial charge >= 0.3 is 5.97 Å². The van der Waals surface area contributed by atoms with Gasteiger partial charge in [-0.05, 0) is 24.3 Å². The Bertz CT molecular complexity index is 600. The first-order valence-electron chi connectivity index (χ1n) is 6.02. The molecule has 0 saturated heterocycles. The van der Waals surface area contributed by atoms with Crippen LogP contribution in [0.3, 0.4) is 0 Å². The molecular weight excluding hydrogens is 228 g/mol. The lowest BCUT2D eigenvalue weighted by molar-refractivity contribution is -0.142. The summed E-state index contributed by atoms with van der Waals surface area (Å²) in [6.07, 6.45) is 3.24. The number of benzene rings is 1. The number of fused-ring (bicyclic) bond motifs is 1. The topological polar surface area (TPSA) is 62.2 Å². The number of rotatable bonds is 4. The molecule has 0 bridgehead atoms. The van der Waals surface area contributed by atoms with E-state index in [0.717, 1.165) is 29.4 Å². The second kappa shape index (κ2) is 3.98. The number of nitrogens with zero attached hydrogens (tertiary/aromatic N) is 1. The molecule has 0 radical (unpaired) electrons. The van der Waals surface area contributed by atoms with Gasteiger partial charge in [0, 0.05) is 18.1 Å². The van der Waals surface area contributed by atoms with Gasteiger partial charge in [-0.15, -0.1) is 0 Å². The molecule has 1 aromatic heterocycles. The van der Waals surface area contributed by atoms with Crippen molar-refractivity contribution in [3.8, 4) is 0 Å². The summed E-state index contributed by atoms with van der Waals surface area (Å²) in [5.74, 6) is 0.0517. The fraction of sp³-hybridized carbons (Fsp3) is 0.286. The summed E-state index contributed by atoms with van der Waals surface area (Å²) in [6.45, 7) is 0.448. The van der Waals surface area contributed by atoms with E-state index in [9.17, 15) is 4.79 Å². The highest BCUT2D eigenvalue weighted by atomic mass is 16.4. The van der Waals surface area contributed by atoms with Crippen LogP contribution in [-0.2, 0) is 4.79 Å². The van der Waals surface area contributed by atoms with Gasteiger partial charge in [0.05, 0.1) is 5.41 Å². The first-order chi connectivity index (χ1) is 8.71. The molecule has 1 fully saturated rings. The quantitative estimate of drug-likeness (QED) is 0.864. The Labute approximate surface area is 105 Å². The molecule has 0 amide bonds. The van der Waals surface area contributed by atoms with Crippen molar-refractivity contribution in [3.05, 3.63) is 36.5 Å². The third-order valence-electron chi connectivity index (χ3n) is 3.58. The maximum atomic E-state index is 11.1. The summed E-state index contributed by atoms with van der Waals surface area (Å²) in [4.78, 5) is 15.4. The number of carboxylic acid groups (broad SMARTS) is 1. The van der Waals surface area contributed by atoms with Crippen LogP contribution in [0.25, 0.3) is 10.8 Å². The van der Waals surface area contributed by atoms with Gasteiger partial charge in [-0.1, -0.05) is 24.3 Å². The van der Waals surface area contributed by atoms with Gasteiger partial charge in [0.2, 0.25) is 0 Å². The van der Waals surface area contributed by atoms with Gasteiger partial charge < -0.3 is 10.4 Å². The maximum absolute atomic E-state index is 11.1. The van der Waals surface area contributed by atoms with E-state index >= 15 is 0 Å². The minimum absolute atomic E-state index is 0.448. The highest BCUT2D eigenvalue weighted by Crippen LogP contribution is 2.45. The van der Waals surface area contributed by atoms with Gasteiger partial charge in [0.15, 0.2) is 0 Å². The summed E-state index contributed by atoms with van der Waals surface area (Å²) >= 11 is 0. The van der Waals surface area contributed by atoms with Crippen LogP contribution < -0.4 is 5.32 Å². The van der Waals surface area contributed by atoms with Gasteiger partial charge in [-0.3, -0.25) is 4.79 Å². The van der Waals surface area contributed by atoms with Crippen LogP contribution >= 0.6 is 0 Å². The average Bonchev–Trinajstić information content (AvgIpc) is 3.17. The lowest BCUT2D eigenvalue weighted by atomic mass is 10.1. The Morgan fingerprint density at radius 1 is 1.33 bits per heavy atom. The lowest BCUT2D eigenvalue weighted by Gasteiger charge is -2.13. The summed E-state index contributed by atoms with van der Waals surface area (Å²) in [7, 11) is 0. The fourth-order valence-corrected chi connectivity index (χ4v) is 2.13. The number of nitrogens with one attached hydrogen (secondary N) is 1. The molecule has 0 spiro atoms. The van der Waals surface area contributed by atoms with Crippen molar-refractivity contribution in [2.75, 3.05) is 11.9 Å². The molecule has 2 N–H and O–H groups in total. The average molecular weight is 242 g/mol. The molecule has 1 aliphatic rings. The van der Waals surface area contributed by atoms with Crippen molar-refractivity contribution in [2.24, 2.45) is 5.41 Å². The molecular formula is C14H14N2O2. The zero-order valence-electron chi connectivity index (χ0n) is 9.89. The number of aliphatic carboxylic acids is 1. The van der Waals surface area contributed by atoms with Crippen molar-refractivity contribution in [3.63, 3.8) is 0 Å². The SMILES string of the molecule is O=C(O)C1(CNc2nccc3ccccc23)CC1. The molecule has 18 heavy (non-hydrogen) atoms. The van der Waals surface area contributed by atoms with Crippen LogP contribution in [0.1, 0.15) is 12.8 Å². The standard InChI is InChI=1S/C14H14N2O2/c17-13(18)14(6-7-14)9-16-12-11-4-2-1-3-10(11)5-8-15-12/h1-5,8H,6-7,9H2,(H,15,16)(H,17,18). The molecule has 1 heterocycles. The molecule has 4 heteroatoms. The van der Waals surface area contributed by atoms with Gasteiger partial charge in [-0.2, -0.15) is 0 Å². The maximum Gasteiger partial charge on any atom is 0.311 e. The lowest BCUT2D eigenvalue weighted by Crippen LogP contribution is -2.24. The van der Waals surface area contributed by atoms with Crippen molar-refractivity contribution >= 4 is 22.6 Å². The molecule has 3 rings (SSSR count). The smallest absolute Gasteiger partial charge is 0.311 e. The minimum atomic E-state index is -0.713. The van der Waals surface area contributed by atoms with E-state index in [0.29, 0.717) is 6.54 Å². The third-order valence-corrected chi connectivity index (χ3v) is 3.58. The molecule has 0 atom stereocenters. The second-order valence-corrected chi connectivity index (χ2v) is 4.82. The van der Waals surface area contributed by atoms with E-state index in [4.69, 9.17) is 5.11 Å². The normalized spacial score (nSPS) is 16.4. The van der Waals surface area contributed by atoms with E-state index in [1.807, 2.05) is 30.3 Å². The molecule has 1 aliphatic carbocycles. The molecule has 0 aliphatic heterocycles. The number of carboxylic acids is 1. The Morgan fingerprint density at radius 2 is 2.11 bits per heavy atom. The summed E-state index contributed by atoms with van der Waals surface area (Å²) < 4.78 is 0. The predicted molar refractivity (Wildman–Crippen MR) is 69.5 cm³/mol. The molecule has 2 aromatic rings. The Hall–Kier alpha value is -2.10. The van der Waals surface area contributed by atoms with Crippen molar-refractivity contribution in [1.82, 2.24) is 4.98 Å². The second-order valence-electron chi connectivity index (χ2n) is 4.82. The number of anilines is 1. The first-order valence-corrected chi connectivity index (χ1v) is 6.02. The fourth-order valence-electron chi connectivity index (χ4n) is 2.13. The van der Waals surface area contributed by atoms with Crippen LogP contribution in [-0.4, -0.2) is 22.6 Å². The zero-order chi connectivity index (χ0) is 12.6. The van der Waals surface area contributed by atoms with Gasteiger partial charge in [0.25, 0.3) is 0 Å². The van der Waals surface area contributed by atoms with Crippen LogP contribution in [0.15, 0.2) is 36.5 Å². The van der Waals surface area contributed by atoms with E-state index in [2.05, 4.69) is 10.3 Å². The molecule has 4 nitrogen and oxygen atoms in total. The summed E-state index contributed by atoms with van der Waals surface area (Å²) in [6, 6.07) is 9.90. The Balaban J connectivity index is 1.85. The molecule has 0 unspecified atom stereocenters. The monoisotopic (exact) mass is 242 g/mol. The molecule has 1 saturated carbocycles. The first kappa shape index (κ1) is 11.0. The molecule has 92 valence electrons. The highest BCUT2D eigenvalue weighted by Gasteiger charge is 2.50. The van der Waals surface area contributed by atoms with E-state index < -0.39 is 11.4 Å². The van der Waals surface area contributed by atoms with E-state index in [1.54, 1.807) is 6.20 Å². The summed E-state index contributed by atoms with van der Waals surface area (Å²) in [5.41, 5.74) is -0.571. The zero-order valence-corrected chi connectivity index (χ0v) is 9.89. The Morgan fingerprint density at radius 3 is 2.83 bits per heavy atom. The number of hydrogen-bond donors (Lipinski definition) is 2. The van der Waals surface area contributed by atoms with E-state index in [-0.39, 0.29) is 0 Å². The Kier molecular flexibility index (Phi) is 2.44. The number of carbonyl (C=O) groups is 1. The van der Waals surface area contributed by atoms with Crippen molar-refractivity contribution in [1.29, 1.82) is 0 Å². The van der Waals surface area contributed by atoms with Crippen LogP contribution in [0.5, 0.6) is 0 Å². The highest BCUT2D eigenvalue weighted by molar-refractivity contribution is 5.91. The van der Waals surface area contributed by atoms with E-state index in [1.165, 1.54) is 0 Å². The van der Waals surface area contributed by atoms with Crippen molar-refractivity contribution < 1.29 is 9.90 Å². The van der Waals surface area contributed by atoms with Crippen molar-refractivity contribution in [2.45, 2.75) is 12.8 Å². The molecule has 1 aromatic carbocycles.